The molecule has 1 saturated carbocycles. The van der Waals surface area contributed by atoms with Crippen molar-refractivity contribution in [1.29, 1.82) is 5.26 Å². The van der Waals surface area contributed by atoms with Gasteiger partial charge in [0.2, 0.25) is 0 Å². The van der Waals surface area contributed by atoms with Gasteiger partial charge >= 0.3 is 12.3 Å². The summed E-state index contributed by atoms with van der Waals surface area (Å²) < 4.78 is 50.4. The maximum Gasteiger partial charge on any atom is 0.417 e. The number of pyridine rings is 1. The van der Waals surface area contributed by atoms with Crippen molar-refractivity contribution in [3.05, 3.63) is 82.3 Å². The zero-order valence-corrected chi connectivity index (χ0v) is 26.5. The lowest BCUT2D eigenvalue weighted by Gasteiger charge is -2.25. The molecular weight excluding hydrogens is 611 g/mol. The molecule has 242 valence electrons. The molecule has 0 N–H and O–H groups in total. The van der Waals surface area contributed by atoms with E-state index in [1.54, 1.807) is 63.0 Å². The number of alkyl halides is 3. The number of carbonyl (C=O) groups is 2. The van der Waals surface area contributed by atoms with E-state index < -0.39 is 34.9 Å². The highest BCUT2D eigenvalue weighted by molar-refractivity contribution is 6.11. The second-order valence-corrected chi connectivity index (χ2v) is 13.0. The van der Waals surface area contributed by atoms with Crippen LogP contribution in [0.5, 0.6) is 0 Å². The van der Waals surface area contributed by atoms with Gasteiger partial charge in [-0.05, 0) is 86.2 Å². The molecule has 13 heteroatoms. The van der Waals surface area contributed by atoms with Crippen LogP contribution in [0.2, 0.25) is 0 Å². The quantitative estimate of drug-likeness (QED) is 0.226. The van der Waals surface area contributed by atoms with Crippen LogP contribution in [0.15, 0.2) is 48.8 Å². The average Bonchev–Trinajstić information content (AvgIpc) is 3.69. The molecule has 10 nitrogen and oxygen atoms in total. The molecule has 2 aromatic carbocycles. The largest absolute Gasteiger partial charge is 0.444 e. The van der Waals surface area contributed by atoms with Crippen LogP contribution in [0.3, 0.4) is 0 Å². The number of ether oxygens (including phenoxy) is 1. The first-order chi connectivity index (χ1) is 22.1. The zero-order chi connectivity index (χ0) is 33.8. The summed E-state index contributed by atoms with van der Waals surface area (Å²) in [6.07, 6.45) is -2.15. The molecular formula is C34H32F3N7O3. The third kappa shape index (κ3) is 6.40. The topological polar surface area (TPSA) is 117 Å². The number of benzene rings is 2. The number of hydrogen-bond acceptors (Lipinski definition) is 7. The highest BCUT2D eigenvalue weighted by atomic mass is 19.4. The number of carbonyl (C=O) groups excluding carboxylic acids is 2. The number of amides is 2. The maximum atomic E-state index is 14.5. The van der Waals surface area contributed by atoms with Crippen molar-refractivity contribution in [1.82, 2.24) is 24.6 Å². The normalized spacial score (nSPS) is 14.6. The number of halogens is 3. The Morgan fingerprint density at radius 1 is 1.11 bits per heavy atom. The van der Waals surface area contributed by atoms with E-state index >= 15 is 0 Å². The van der Waals surface area contributed by atoms with Crippen molar-refractivity contribution in [3.8, 4) is 28.6 Å². The van der Waals surface area contributed by atoms with Crippen molar-refractivity contribution in [2.45, 2.75) is 64.4 Å². The van der Waals surface area contributed by atoms with Crippen molar-refractivity contribution >= 4 is 17.8 Å². The number of rotatable bonds is 6. The zero-order valence-electron chi connectivity index (χ0n) is 26.5. The standard InChI is InChI=1S/C34H32F3N7O3/c1-33(2,3)47-32(46)42(4)16-20-10-23-17-44(31(45)29(23)26(12-20)34(35,36)37)28-14-22(13-27(40-28)21-7-8-21)24-9-6-19(15-38)11-25(24)30-41-39-18-43(30)5/h6,9-14,18,21H,7-8,16-17H2,1-5H3. The number of nitrogens with zero attached hydrogens (tertiary/aromatic N) is 7. The Balaban J connectivity index is 1.41. The first kappa shape index (κ1) is 31.7. The second kappa shape index (κ2) is 11.5. The molecule has 2 amide bonds. The first-order valence-electron chi connectivity index (χ1n) is 15.0. The van der Waals surface area contributed by atoms with E-state index in [-0.39, 0.29) is 36.0 Å². The fraction of sp³-hybridized carbons (Fsp3) is 0.353. The van der Waals surface area contributed by atoms with Crippen molar-refractivity contribution in [2.75, 3.05) is 11.9 Å². The van der Waals surface area contributed by atoms with Gasteiger partial charge in [0, 0.05) is 37.8 Å². The summed E-state index contributed by atoms with van der Waals surface area (Å²) in [6, 6.07) is 13.4. The van der Waals surface area contributed by atoms with E-state index in [0.29, 0.717) is 28.1 Å². The second-order valence-electron chi connectivity index (χ2n) is 13.0. The molecule has 6 rings (SSSR count). The first-order valence-corrected chi connectivity index (χ1v) is 15.0. The summed E-state index contributed by atoms with van der Waals surface area (Å²) in [5.41, 5.74) is 1.30. The molecule has 2 aliphatic rings. The molecule has 0 saturated heterocycles. The molecule has 4 aromatic rings. The van der Waals surface area contributed by atoms with Crippen LogP contribution in [0, 0.1) is 11.3 Å². The third-order valence-electron chi connectivity index (χ3n) is 8.01. The van der Waals surface area contributed by atoms with Crippen LogP contribution >= 0.6 is 0 Å². The summed E-state index contributed by atoms with van der Waals surface area (Å²) >= 11 is 0. The van der Waals surface area contributed by atoms with Crippen molar-refractivity contribution in [2.24, 2.45) is 7.05 Å². The van der Waals surface area contributed by atoms with E-state index in [1.165, 1.54) is 22.9 Å². The molecule has 1 aliphatic heterocycles. The minimum absolute atomic E-state index is 0.134. The van der Waals surface area contributed by atoms with E-state index in [9.17, 15) is 28.0 Å². The molecule has 1 fully saturated rings. The number of aromatic nitrogens is 4. The minimum atomic E-state index is -4.82. The number of hydrogen-bond donors (Lipinski definition) is 0. The lowest BCUT2D eigenvalue weighted by molar-refractivity contribution is -0.138. The molecule has 0 spiro atoms. The summed E-state index contributed by atoms with van der Waals surface area (Å²) in [4.78, 5) is 33.6. The lowest BCUT2D eigenvalue weighted by Crippen LogP contribution is -2.33. The highest BCUT2D eigenvalue weighted by Crippen LogP contribution is 2.44. The van der Waals surface area contributed by atoms with Crippen molar-refractivity contribution in [3.63, 3.8) is 0 Å². The van der Waals surface area contributed by atoms with Gasteiger partial charge in [0.1, 0.15) is 17.7 Å². The number of nitriles is 1. The van der Waals surface area contributed by atoms with Gasteiger partial charge in [0.15, 0.2) is 5.82 Å². The van der Waals surface area contributed by atoms with E-state index in [4.69, 9.17) is 9.72 Å². The van der Waals surface area contributed by atoms with Crippen LogP contribution in [0.1, 0.15) is 77.8 Å². The van der Waals surface area contributed by atoms with Gasteiger partial charge in [-0.25, -0.2) is 9.78 Å². The highest BCUT2D eigenvalue weighted by Gasteiger charge is 2.42. The van der Waals surface area contributed by atoms with Gasteiger partial charge in [0.25, 0.3) is 5.91 Å². The number of anilines is 1. The Bertz CT molecular complexity index is 1950. The van der Waals surface area contributed by atoms with E-state index in [2.05, 4.69) is 16.3 Å². The van der Waals surface area contributed by atoms with Gasteiger partial charge in [-0.3, -0.25) is 9.69 Å². The number of fused-ring (bicyclic) bond motifs is 1. The molecule has 3 heterocycles. The summed E-state index contributed by atoms with van der Waals surface area (Å²) in [5.74, 6) is 0.0940. The van der Waals surface area contributed by atoms with Crippen LogP contribution in [-0.2, 0) is 31.1 Å². The van der Waals surface area contributed by atoms with Crippen molar-refractivity contribution < 1.29 is 27.5 Å². The predicted octanol–water partition coefficient (Wildman–Crippen LogP) is 6.84. The summed E-state index contributed by atoms with van der Waals surface area (Å²) in [6.45, 7) is 4.82. The lowest BCUT2D eigenvalue weighted by atomic mass is 9.96. The molecule has 0 bridgehead atoms. The predicted molar refractivity (Wildman–Crippen MR) is 166 cm³/mol. The smallest absolute Gasteiger partial charge is 0.417 e. The molecule has 0 unspecified atom stereocenters. The van der Waals surface area contributed by atoms with Gasteiger partial charge < -0.3 is 14.2 Å². The third-order valence-corrected chi connectivity index (χ3v) is 8.01. The van der Waals surface area contributed by atoms with Crippen LogP contribution in [0.4, 0.5) is 23.8 Å². The Morgan fingerprint density at radius 3 is 2.47 bits per heavy atom. The molecule has 47 heavy (non-hydrogen) atoms. The van der Waals surface area contributed by atoms with Crippen LogP contribution in [0.25, 0.3) is 22.5 Å². The van der Waals surface area contributed by atoms with Crippen LogP contribution < -0.4 is 4.90 Å². The maximum absolute atomic E-state index is 14.5. The molecule has 2 aromatic heterocycles. The van der Waals surface area contributed by atoms with E-state index in [1.807, 2.05) is 6.07 Å². The molecule has 1 aliphatic carbocycles. The van der Waals surface area contributed by atoms with Gasteiger partial charge in [0.05, 0.1) is 29.3 Å². The Hall–Kier alpha value is -5.25. The SMILES string of the molecule is CN(Cc1cc2c(c(C(F)(F)F)c1)C(=O)N(c1cc(-c3ccc(C#N)cc3-c3nncn3C)cc(C3CC3)n1)C2)C(=O)OC(C)(C)C. The number of aryl methyl sites for hydroxylation is 1. The van der Waals surface area contributed by atoms with E-state index in [0.717, 1.165) is 24.6 Å². The molecule has 0 atom stereocenters. The fourth-order valence-electron chi connectivity index (χ4n) is 5.70. The van der Waals surface area contributed by atoms with Crippen LogP contribution in [-0.4, -0.2) is 49.3 Å². The Morgan fingerprint density at radius 2 is 1.85 bits per heavy atom. The average molecular weight is 644 g/mol. The molecule has 0 radical (unpaired) electrons. The summed E-state index contributed by atoms with van der Waals surface area (Å²) in [7, 11) is 3.23. The Labute approximate surface area is 269 Å². The summed E-state index contributed by atoms with van der Waals surface area (Å²) in [5, 5.41) is 17.8. The minimum Gasteiger partial charge on any atom is -0.444 e. The van der Waals surface area contributed by atoms with Gasteiger partial charge in [-0.2, -0.15) is 18.4 Å². The van der Waals surface area contributed by atoms with Gasteiger partial charge in [-0.1, -0.05) is 12.1 Å². The fourth-order valence-corrected chi connectivity index (χ4v) is 5.70. The Kier molecular flexibility index (Phi) is 7.78. The van der Waals surface area contributed by atoms with Gasteiger partial charge in [-0.15, -0.1) is 10.2 Å². The monoisotopic (exact) mass is 643 g/mol.